The third kappa shape index (κ3) is 2.15. The zero-order chi connectivity index (χ0) is 8.27. The highest BCUT2D eigenvalue weighted by molar-refractivity contribution is 4.77. The Labute approximate surface area is 67.0 Å². The van der Waals surface area contributed by atoms with E-state index in [0.717, 1.165) is 19.3 Å². The SMILES string of the molecule is CC[C@H]1CC[C@H](C(O)CO)O1. The third-order valence-electron chi connectivity index (χ3n) is 2.21. The monoisotopic (exact) mass is 160 g/mol. The summed E-state index contributed by atoms with van der Waals surface area (Å²) in [4.78, 5) is 0. The predicted molar refractivity (Wildman–Crippen MR) is 41.3 cm³/mol. The first kappa shape index (κ1) is 8.97. The standard InChI is InChI=1S/C8H16O3/c1-2-6-3-4-8(11-6)7(10)5-9/h6-10H,2-5H2,1H3/t6-,7?,8+/m0/s1. The molecule has 1 aliphatic heterocycles. The molecule has 0 aromatic heterocycles. The van der Waals surface area contributed by atoms with E-state index in [4.69, 9.17) is 9.84 Å². The molecule has 0 amide bonds. The van der Waals surface area contributed by atoms with Crippen molar-refractivity contribution in [2.45, 2.75) is 44.5 Å². The van der Waals surface area contributed by atoms with Crippen molar-refractivity contribution in [3.05, 3.63) is 0 Å². The van der Waals surface area contributed by atoms with E-state index >= 15 is 0 Å². The molecule has 1 heterocycles. The lowest BCUT2D eigenvalue weighted by Crippen LogP contribution is -2.29. The van der Waals surface area contributed by atoms with E-state index in [1.165, 1.54) is 0 Å². The summed E-state index contributed by atoms with van der Waals surface area (Å²) in [5.74, 6) is 0. The van der Waals surface area contributed by atoms with E-state index in [1.807, 2.05) is 0 Å². The Bertz CT molecular complexity index is 116. The first-order valence-electron chi connectivity index (χ1n) is 4.22. The second kappa shape index (κ2) is 4.04. The highest BCUT2D eigenvalue weighted by atomic mass is 16.5. The van der Waals surface area contributed by atoms with Gasteiger partial charge in [-0.1, -0.05) is 6.92 Å². The number of hydrogen-bond donors (Lipinski definition) is 2. The minimum Gasteiger partial charge on any atom is -0.394 e. The largest absolute Gasteiger partial charge is 0.394 e. The predicted octanol–water partition coefficient (Wildman–Crippen LogP) is 0.297. The molecule has 0 aromatic rings. The van der Waals surface area contributed by atoms with E-state index in [1.54, 1.807) is 0 Å². The highest BCUT2D eigenvalue weighted by Crippen LogP contribution is 2.23. The maximum Gasteiger partial charge on any atom is 0.103 e. The number of rotatable bonds is 3. The lowest BCUT2D eigenvalue weighted by molar-refractivity contribution is -0.0539. The average molecular weight is 160 g/mol. The molecule has 3 heteroatoms. The van der Waals surface area contributed by atoms with Crippen LogP contribution in [0.1, 0.15) is 26.2 Å². The van der Waals surface area contributed by atoms with Gasteiger partial charge in [0, 0.05) is 0 Å². The second-order valence-corrected chi connectivity index (χ2v) is 3.03. The van der Waals surface area contributed by atoms with Crippen LogP contribution in [0, 0.1) is 0 Å². The molecule has 1 aliphatic rings. The van der Waals surface area contributed by atoms with Gasteiger partial charge in [0.05, 0.1) is 18.8 Å². The summed E-state index contributed by atoms with van der Waals surface area (Å²) in [6.45, 7) is 1.87. The van der Waals surface area contributed by atoms with Gasteiger partial charge < -0.3 is 14.9 Å². The first-order valence-corrected chi connectivity index (χ1v) is 4.22. The van der Waals surface area contributed by atoms with Crippen LogP contribution in [0.25, 0.3) is 0 Å². The number of ether oxygens (including phenoxy) is 1. The molecule has 3 atom stereocenters. The van der Waals surface area contributed by atoms with Crippen LogP contribution >= 0.6 is 0 Å². The molecule has 0 radical (unpaired) electrons. The van der Waals surface area contributed by atoms with Gasteiger partial charge in [-0.15, -0.1) is 0 Å². The lowest BCUT2D eigenvalue weighted by Gasteiger charge is -2.16. The zero-order valence-corrected chi connectivity index (χ0v) is 6.86. The molecule has 3 nitrogen and oxygen atoms in total. The van der Waals surface area contributed by atoms with Crippen molar-refractivity contribution in [1.29, 1.82) is 0 Å². The first-order chi connectivity index (χ1) is 5.27. The topological polar surface area (TPSA) is 49.7 Å². The Morgan fingerprint density at radius 1 is 1.55 bits per heavy atom. The average Bonchev–Trinajstić information content (AvgIpc) is 2.50. The van der Waals surface area contributed by atoms with Gasteiger partial charge in [-0.2, -0.15) is 0 Å². The fourth-order valence-electron chi connectivity index (χ4n) is 1.43. The van der Waals surface area contributed by atoms with Crippen LogP contribution in [0.4, 0.5) is 0 Å². The summed E-state index contributed by atoms with van der Waals surface area (Å²) in [6.07, 6.45) is 2.35. The van der Waals surface area contributed by atoms with Crippen molar-refractivity contribution < 1.29 is 14.9 Å². The molecule has 0 aromatic carbocycles. The molecule has 0 aliphatic carbocycles. The fourth-order valence-corrected chi connectivity index (χ4v) is 1.43. The molecule has 0 spiro atoms. The van der Waals surface area contributed by atoms with Crippen LogP contribution in [0.2, 0.25) is 0 Å². The zero-order valence-electron chi connectivity index (χ0n) is 6.86. The molecule has 2 N–H and O–H groups in total. The van der Waals surface area contributed by atoms with Crippen molar-refractivity contribution in [3.8, 4) is 0 Å². The normalized spacial score (nSPS) is 34.1. The minimum atomic E-state index is -0.688. The van der Waals surface area contributed by atoms with Gasteiger partial charge in [-0.05, 0) is 19.3 Å². The highest BCUT2D eigenvalue weighted by Gasteiger charge is 2.28. The molecule has 1 saturated heterocycles. The van der Waals surface area contributed by atoms with Crippen LogP contribution in [0.5, 0.6) is 0 Å². The van der Waals surface area contributed by atoms with Crippen LogP contribution in [0.3, 0.4) is 0 Å². The molecular formula is C8H16O3. The van der Waals surface area contributed by atoms with Gasteiger partial charge in [-0.3, -0.25) is 0 Å². The summed E-state index contributed by atoms with van der Waals surface area (Å²) in [7, 11) is 0. The van der Waals surface area contributed by atoms with E-state index in [9.17, 15) is 5.11 Å². The quantitative estimate of drug-likeness (QED) is 0.624. The molecule has 66 valence electrons. The number of aliphatic hydroxyl groups is 2. The maximum atomic E-state index is 9.20. The molecule has 11 heavy (non-hydrogen) atoms. The van der Waals surface area contributed by atoms with Crippen molar-refractivity contribution in [1.82, 2.24) is 0 Å². The number of hydrogen-bond acceptors (Lipinski definition) is 3. The Balaban J connectivity index is 2.29. The van der Waals surface area contributed by atoms with E-state index in [-0.39, 0.29) is 12.7 Å². The minimum absolute atomic E-state index is 0.134. The van der Waals surface area contributed by atoms with Crippen LogP contribution in [0.15, 0.2) is 0 Å². The molecule has 1 rings (SSSR count). The van der Waals surface area contributed by atoms with Crippen molar-refractivity contribution in [3.63, 3.8) is 0 Å². The van der Waals surface area contributed by atoms with Gasteiger partial charge in [0.2, 0.25) is 0 Å². The molecule has 0 saturated carbocycles. The molecule has 0 bridgehead atoms. The lowest BCUT2D eigenvalue weighted by atomic mass is 10.1. The summed E-state index contributed by atoms with van der Waals surface area (Å²) in [5, 5.41) is 17.8. The van der Waals surface area contributed by atoms with Gasteiger partial charge in [0.25, 0.3) is 0 Å². The van der Waals surface area contributed by atoms with E-state index in [0.29, 0.717) is 6.10 Å². The smallest absolute Gasteiger partial charge is 0.103 e. The third-order valence-corrected chi connectivity index (χ3v) is 2.21. The summed E-state index contributed by atoms with van der Waals surface area (Å²) in [6, 6.07) is 0. The summed E-state index contributed by atoms with van der Waals surface area (Å²) >= 11 is 0. The van der Waals surface area contributed by atoms with E-state index < -0.39 is 6.10 Å². The van der Waals surface area contributed by atoms with E-state index in [2.05, 4.69) is 6.92 Å². The Morgan fingerprint density at radius 3 is 2.73 bits per heavy atom. The summed E-state index contributed by atoms with van der Waals surface area (Å²) in [5.41, 5.74) is 0. The Morgan fingerprint density at radius 2 is 2.27 bits per heavy atom. The van der Waals surface area contributed by atoms with Gasteiger partial charge in [0.15, 0.2) is 0 Å². The second-order valence-electron chi connectivity index (χ2n) is 3.03. The van der Waals surface area contributed by atoms with Crippen LogP contribution in [-0.4, -0.2) is 35.1 Å². The fraction of sp³-hybridized carbons (Fsp3) is 1.00. The van der Waals surface area contributed by atoms with Gasteiger partial charge in [-0.25, -0.2) is 0 Å². The van der Waals surface area contributed by atoms with Crippen LogP contribution in [-0.2, 0) is 4.74 Å². The number of aliphatic hydroxyl groups excluding tert-OH is 2. The molecule has 1 fully saturated rings. The van der Waals surface area contributed by atoms with Crippen molar-refractivity contribution in [2.24, 2.45) is 0 Å². The van der Waals surface area contributed by atoms with Crippen molar-refractivity contribution in [2.75, 3.05) is 6.61 Å². The maximum absolute atomic E-state index is 9.20. The van der Waals surface area contributed by atoms with Crippen LogP contribution < -0.4 is 0 Å². The molecular weight excluding hydrogens is 144 g/mol. The Kier molecular flexibility index (Phi) is 3.30. The summed E-state index contributed by atoms with van der Waals surface area (Å²) < 4.78 is 5.45. The Hall–Kier alpha value is -0.120. The molecule has 1 unspecified atom stereocenters. The van der Waals surface area contributed by atoms with Crippen molar-refractivity contribution >= 4 is 0 Å². The van der Waals surface area contributed by atoms with Gasteiger partial charge >= 0.3 is 0 Å². The van der Waals surface area contributed by atoms with Gasteiger partial charge in [0.1, 0.15) is 6.10 Å².